The Morgan fingerprint density at radius 2 is 1.42 bits per heavy atom. The quantitative estimate of drug-likeness (QED) is 0.303. The molecule has 3 aromatic carbocycles. The third-order valence-corrected chi connectivity index (χ3v) is 8.68. The number of aryl methyl sites for hydroxylation is 2. The second kappa shape index (κ2) is 8.89. The van der Waals surface area contributed by atoms with Crippen LogP contribution in [0.2, 0.25) is 0 Å². The molecule has 1 aliphatic rings. The minimum atomic E-state index is -1.01. The molecule has 1 heterocycles. The average Bonchev–Trinajstić information content (AvgIpc) is 3.22. The van der Waals surface area contributed by atoms with Gasteiger partial charge in [-0.15, -0.1) is 0 Å². The Bertz CT molecular complexity index is 1220. The average molecular weight is 456 g/mol. The first-order valence-electron chi connectivity index (χ1n) is 11.5. The van der Waals surface area contributed by atoms with Crippen LogP contribution in [0.4, 0.5) is 0 Å². The zero-order valence-corrected chi connectivity index (χ0v) is 20.6. The molecule has 1 aromatic heterocycles. The molecular formula is C29H30NO2P. The fourth-order valence-corrected chi connectivity index (χ4v) is 6.74. The third-order valence-electron chi connectivity index (χ3n) is 6.33. The number of nitrogens with zero attached hydrogens (tertiary/aromatic N) is 1. The topological polar surface area (TPSA) is 35.3 Å². The van der Waals surface area contributed by atoms with Crippen LogP contribution in [0.3, 0.4) is 0 Å². The smallest absolute Gasteiger partial charge is 0.226 e. The SMILES string of the molecule is Cc1ccccc1P(O[C@H]1CC(C)(C)Cc2oc(-c3ccccc3)nc21)c1ccccc1C. The zero-order chi connectivity index (χ0) is 23.0. The fraction of sp³-hybridized carbons (Fsp3) is 0.276. The summed E-state index contributed by atoms with van der Waals surface area (Å²) in [6.45, 7) is 8.93. The molecule has 0 bridgehead atoms. The molecule has 1 aliphatic carbocycles. The van der Waals surface area contributed by atoms with Gasteiger partial charge in [0.1, 0.15) is 17.6 Å². The van der Waals surface area contributed by atoms with E-state index in [2.05, 4.69) is 76.2 Å². The van der Waals surface area contributed by atoms with Crippen molar-refractivity contribution in [2.45, 2.75) is 46.6 Å². The molecule has 0 radical (unpaired) electrons. The van der Waals surface area contributed by atoms with Crippen molar-refractivity contribution in [3.63, 3.8) is 0 Å². The fourth-order valence-electron chi connectivity index (χ4n) is 4.59. The number of rotatable bonds is 5. The highest BCUT2D eigenvalue weighted by Gasteiger charge is 2.39. The van der Waals surface area contributed by atoms with Gasteiger partial charge >= 0.3 is 0 Å². The number of hydrogen-bond acceptors (Lipinski definition) is 3. The van der Waals surface area contributed by atoms with E-state index >= 15 is 0 Å². The van der Waals surface area contributed by atoms with Crippen molar-refractivity contribution < 1.29 is 8.94 Å². The summed E-state index contributed by atoms with van der Waals surface area (Å²) in [5.41, 5.74) is 4.55. The largest absolute Gasteiger partial charge is 0.441 e. The van der Waals surface area contributed by atoms with Gasteiger partial charge in [-0.05, 0) is 48.9 Å². The van der Waals surface area contributed by atoms with E-state index < -0.39 is 8.15 Å². The van der Waals surface area contributed by atoms with Crippen LogP contribution in [-0.2, 0) is 10.9 Å². The van der Waals surface area contributed by atoms with E-state index in [-0.39, 0.29) is 11.5 Å². The van der Waals surface area contributed by atoms with Gasteiger partial charge in [-0.1, -0.05) is 80.6 Å². The number of benzene rings is 3. The number of hydrogen-bond donors (Lipinski definition) is 0. The van der Waals surface area contributed by atoms with Crippen molar-refractivity contribution in [2.24, 2.45) is 5.41 Å². The molecule has 0 saturated carbocycles. The lowest BCUT2D eigenvalue weighted by Crippen LogP contribution is -2.28. The van der Waals surface area contributed by atoms with E-state index in [0.29, 0.717) is 5.89 Å². The summed E-state index contributed by atoms with van der Waals surface area (Å²) in [7, 11) is -1.01. The minimum absolute atomic E-state index is 0.0730. The summed E-state index contributed by atoms with van der Waals surface area (Å²) >= 11 is 0. The predicted molar refractivity (Wildman–Crippen MR) is 136 cm³/mol. The van der Waals surface area contributed by atoms with Crippen molar-refractivity contribution >= 4 is 18.8 Å². The molecule has 0 fully saturated rings. The second-order valence-electron chi connectivity index (χ2n) is 9.70. The number of oxazole rings is 1. The lowest BCUT2D eigenvalue weighted by Gasteiger charge is -2.35. The summed E-state index contributed by atoms with van der Waals surface area (Å²) in [4.78, 5) is 4.97. The highest BCUT2D eigenvalue weighted by atomic mass is 31.1. The van der Waals surface area contributed by atoms with Gasteiger partial charge in [0, 0.05) is 22.6 Å². The first kappa shape index (κ1) is 22.1. The Kier molecular flexibility index (Phi) is 5.95. The summed E-state index contributed by atoms with van der Waals surface area (Å²) in [6.07, 6.45) is 1.67. The second-order valence-corrected chi connectivity index (χ2v) is 11.5. The summed E-state index contributed by atoms with van der Waals surface area (Å²) in [5.74, 6) is 1.64. The van der Waals surface area contributed by atoms with Gasteiger partial charge < -0.3 is 8.94 Å². The maximum Gasteiger partial charge on any atom is 0.226 e. The maximum absolute atomic E-state index is 7.08. The predicted octanol–water partition coefficient (Wildman–Crippen LogP) is 7.04. The van der Waals surface area contributed by atoms with Crippen LogP contribution in [0.25, 0.3) is 11.5 Å². The number of fused-ring (bicyclic) bond motifs is 1. The van der Waals surface area contributed by atoms with E-state index in [0.717, 1.165) is 29.9 Å². The molecule has 0 aliphatic heterocycles. The molecule has 33 heavy (non-hydrogen) atoms. The lowest BCUT2D eigenvalue weighted by molar-refractivity contribution is 0.126. The Hall–Kier alpha value is -2.74. The van der Waals surface area contributed by atoms with Crippen LogP contribution in [-0.4, -0.2) is 4.98 Å². The summed E-state index contributed by atoms with van der Waals surface area (Å²) in [5, 5.41) is 2.53. The van der Waals surface area contributed by atoms with Gasteiger partial charge in [0.15, 0.2) is 0 Å². The van der Waals surface area contributed by atoms with Crippen molar-refractivity contribution in [3.8, 4) is 11.5 Å². The molecule has 3 nitrogen and oxygen atoms in total. The van der Waals surface area contributed by atoms with E-state index in [1.165, 1.54) is 21.7 Å². The van der Waals surface area contributed by atoms with Crippen molar-refractivity contribution in [1.29, 1.82) is 0 Å². The lowest BCUT2D eigenvalue weighted by atomic mass is 9.77. The molecule has 168 valence electrons. The Labute approximate surface area is 197 Å². The molecule has 0 N–H and O–H groups in total. The van der Waals surface area contributed by atoms with Crippen molar-refractivity contribution in [3.05, 3.63) is 101 Å². The maximum atomic E-state index is 7.08. The first-order chi connectivity index (χ1) is 15.9. The molecule has 5 rings (SSSR count). The van der Waals surface area contributed by atoms with E-state index in [4.69, 9.17) is 13.9 Å². The van der Waals surface area contributed by atoms with E-state index in [9.17, 15) is 0 Å². The monoisotopic (exact) mass is 455 g/mol. The van der Waals surface area contributed by atoms with Gasteiger partial charge in [0.05, 0.1) is 8.15 Å². The molecule has 0 spiro atoms. The van der Waals surface area contributed by atoms with Crippen LogP contribution in [0, 0.1) is 19.3 Å². The van der Waals surface area contributed by atoms with Crippen LogP contribution in [0.5, 0.6) is 0 Å². The van der Waals surface area contributed by atoms with Crippen molar-refractivity contribution in [2.75, 3.05) is 0 Å². The molecule has 4 aromatic rings. The summed E-state index contributed by atoms with van der Waals surface area (Å²) < 4.78 is 13.4. The Balaban J connectivity index is 1.58. The standard InChI is InChI=1S/C29H30NO2P/c1-20-12-8-10-16-25(20)33(26-17-11-9-13-21(26)2)32-24-19-29(3,4)18-23-27(24)30-28(31-23)22-14-6-5-7-15-22/h5-17,24H,18-19H2,1-4H3/t24-/m0/s1. The van der Waals surface area contributed by atoms with Gasteiger partial charge in [0.2, 0.25) is 5.89 Å². The third kappa shape index (κ3) is 4.53. The van der Waals surface area contributed by atoms with Gasteiger partial charge in [-0.3, -0.25) is 0 Å². The minimum Gasteiger partial charge on any atom is -0.441 e. The highest BCUT2D eigenvalue weighted by Crippen LogP contribution is 2.50. The normalized spacial score (nSPS) is 17.2. The van der Waals surface area contributed by atoms with Gasteiger partial charge in [-0.25, -0.2) is 4.98 Å². The summed E-state index contributed by atoms with van der Waals surface area (Å²) in [6, 6.07) is 27.3. The Morgan fingerprint density at radius 1 is 0.848 bits per heavy atom. The van der Waals surface area contributed by atoms with Gasteiger partial charge in [-0.2, -0.15) is 0 Å². The highest BCUT2D eigenvalue weighted by molar-refractivity contribution is 7.68. The number of aromatic nitrogens is 1. The molecule has 1 atom stereocenters. The van der Waals surface area contributed by atoms with Gasteiger partial charge in [0.25, 0.3) is 0 Å². The van der Waals surface area contributed by atoms with Crippen LogP contribution in [0.15, 0.2) is 83.3 Å². The van der Waals surface area contributed by atoms with Crippen LogP contribution < -0.4 is 10.6 Å². The first-order valence-corrected chi connectivity index (χ1v) is 12.8. The van der Waals surface area contributed by atoms with Crippen molar-refractivity contribution in [1.82, 2.24) is 4.98 Å². The molecule has 4 heteroatoms. The molecule has 0 unspecified atom stereocenters. The molecular weight excluding hydrogens is 425 g/mol. The Morgan fingerprint density at radius 3 is 2.03 bits per heavy atom. The zero-order valence-electron chi connectivity index (χ0n) is 19.7. The van der Waals surface area contributed by atoms with E-state index in [1.807, 2.05) is 30.3 Å². The van der Waals surface area contributed by atoms with Crippen LogP contribution >= 0.6 is 8.15 Å². The molecule has 0 saturated heterocycles. The molecule has 0 amide bonds. The van der Waals surface area contributed by atoms with Crippen LogP contribution in [0.1, 0.15) is 49.0 Å². The van der Waals surface area contributed by atoms with E-state index in [1.54, 1.807) is 0 Å².